The van der Waals surface area contributed by atoms with E-state index in [1.165, 1.54) is 12.8 Å². The number of H-pyrrole nitrogens is 1. The Morgan fingerprint density at radius 2 is 2.00 bits per heavy atom. The third-order valence-corrected chi connectivity index (χ3v) is 5.12. The van der Waals surface area contributed by atoms with Gasteiger partial charge in [-0.25, -0.2) is 4.98 Å². The average molecular weight is 388 g/mol. The van der Waals surface area contributed by atoms with Crippen molar-refractivity contribution in [2.24, 2.45) is 0 Å². The van der Waals surface area contributed by atoms with Gasteiger partial charge in [-0.3, -0.25) is 4.79 Å². The van der Waals surface area contributed by atoms with Crippen LogP contribution in [0.4, 0.5) is 0 Å². The number of nitrogens with one attached hydrogen (secondary N) is 1. The Morgan fingerprint density at radius 3 is 2.63 bits per heavy atom. The molecule has 2 aromatic heterocycles. The van der Waals surface area contributed by atoms with Gasteiger partial charge in [-0.1, -0.05) is 12.8 Å². The summed E-state index contributed by atoms with van der Waals surface area (Å²) in [6, 6.07) is 3.40. The highest BCUT2D eigenvalue weighted by Gasteiger charge is 2.20. The van der Waals surface area contributed by atoms with E-state index in [1.807, 2.05) is 0 Å². The Labute approximate surface area is 126 Å². The molecule has 0 radical (unpaired) electrons. The van der Waals surface area contributed by atoms with Crippen LogP contribution in [-0.4, -0.2) is 9.97 Å². The summed E-state index contributed by atoms with van der Waals surface area (Å²) in [6.07, 6.45) is 4.65. The van der Waals surface area contributed by atoms with E-state index in [2.05, 4.69) is 41.8 Å². The fourth-order valence-electron chi connectivity index (χ4n) is 2.49. The molecule has 0 spiro atoms. The van der Waals surface area contributed by atoms with E-state index in [1.54, 1.807) is 12.1 Å². The van der Waals surface area contributed by atoms with Crippen LogP contribution in [0.3, 0.4) is 0 Å². The molecule has 6 heteroatoms. The van der Waals surface area contributed by atoms with Crippen LogP contribution in [0.5, 0.6) is 0 Å². The summed E-state index contributed by atoms with van der Waals surface area (Å²) in [6.45, 7) is 0. The molecule has 19 heavy (non-hydrogen) atoms. The first-order valence-corrected chi connectivity index (χ1v) is 7.78. The zero-order valence-electron chi connectivity index (χ0n) is 10.1. The van der Waals surface area contributed by atoms with Crippen molar-refractivity contribution >= 4 is 31.9 Å². The van der Waals surface area contributed by atoms with Gasteiger partial charge in [0.25, 0.3) is 5.56 Å². The van der Waals surface area contributed by atoms with Crippen LogP contribution < -0.4 is 5.56 Å². The van der Waals surface area contributed by atoms with Crippen molar-refractivity contribution in [1.82, 2.24) is 9.97 Å². The van der Waals surface area contributed by atoms with Crippen LogP contribution in [0.2, 0.25) is 0 Å². The molecule has 0 unspecified atom stereocenters. The topological polar surface area (TPSA) is 58.9 Å². The number of rotatable bonds is 2. The summed E-state index contributed by atoms with van der Waals surface area (Å²) in [5.74, 6) is 1.44. The molecule has 100 valence electrons. The van der Waals surface area contributed by atoms with Crippen LogP contribution in [0.15, 0.2) is 30.5 Å². The van der Waals surface area contributed by atoms with Crippen molar-refractivity contribution in [2.45, 2.75) is 31.6 Å². The second kappa shape index (κ2) is 5.25. The molecule has 2 heterocycles. The molecular formula is C13H12Br2N2O2. The van der Waals surface area contributed by atoms with Gasteiger partial charge in [-0.05, 0) is 44.7 Å². The molecule has 1 N–H and O–H groups in total. The largest absolute Gasteiger partial charge is 0.445 e. The van der Waals surface area contributed by atoms with Crippen LogP contribution in [0.25, 0.3) is 11.6 Å². The Bertz CT molecular complexity index is 637. The maximum atomic E-state index is 11.8. The van der Waals surface area contributed by atoms with Crippen molar-refractivity contribution in [3.63, 3.8) is 0 Å². The van der Waals surface area contributed by atoms with E-state index in [0.717, 1.165) is 23.0 Å². The third kappa shape index (κ3) is 2.69. The van der Waals surface area contributed by atoms with Gasteiger partial charge >= 0.3 is 0 Å². The Morgan fingerprint density at radius 1 is 1.26 bits per heavy atom. The molecule has 0 amide bonds. The van der Waals surface area contributed by atoms with Crippen molar-refractivity contribution in [3.05, 3.63) is 37.3 Å². The van der Waals surface area contributed by atoms with Gasteiger partial charge in [-0.2, -0.15) is 0 Å². The number of furan rings is 1. The fourth-order valence-corrected chi connectivity index (χ4v) is 3.06. The Balaban J connectivity index is 2.04. The zero-order valence-corrected chi connectivity index (χ0v) is 13.3. The average Bonchev–Trinajstić information content (AvgIpc) is 3.00. The van der Waals surface area contributed by atoms with E-state index >= 15 is 0 Å². The van der Waals surface area contributed by atoms with Crippen LogP contribution in [0, 0.1) is 0 Å². The summed E-state index contributed by atoms with van der Waals surface area (Å²) in [4.78, 5) is 19.0. The van der Waals surface area contributed by atoms with E-state index in [9.17, 15) is 4.79 Å². The molecule has 2 aromatic rings. The summed E-state index contributed by atoms with van der Waals surface area (Å²) < 4.78 is 6.91. The SMILES string of the molecule is O=c1cc(C2CCCC2)nc(-c2cc(Br)c(Br)o2)[nH]1. The van der Waals surface area contributed by atoms with Crippen molar-refractivity contribution in [2.75, 3.05) is 0 Å². The molecule has 0 aromatic carbocycles. The van der Waals surface area contributed by atoms with Gasteiger partial charge in [-0.15, -0.1) is 0 Å². The van der Waals surface area contributed by atoms with E-state index in [-0.39, 0.29) is 5.56 Å². The minimum Gasteiger partial charge on any atom is -0.445 e. The van der Waals surface area contributed by atoms with Gasteiger partial charge in [0.2, 0.25) is 0 Å². The lowest BCUT2D eigenvalue weighted by atomic mass is 10.0. The van der Waals surface area contributed by atoms with Crippen molar-refractivity contribution in [3.8, 4) is 11.6 Å². The molecule has 3 rings (SSSR count). The zero-order chi connectivity index (χ0) is 13.4. The van der Waals surface area contributed by atoms with Gasteiger partial charge in [0.15, 0.2) is 16.3 Å². The van der Waals surface area contributed by atoms with E-state index in [0.29, 0.717) is 22.2 Å². The molecule has 0 aliphatic heterocycles. The molecule has 4 nitrogen and oxygen atoms in total. The maximum Gasteiger partial charge on any atom is 0.251 e. The monoisotopic (exact) mass is 386 g/mol. The summed E-state index contributed by atoms with van der Waals surface area (Å²) in [5.41, 5.74) is 0.746. The maximum absolute atomic E-state index is 11.8. The lowest BCUT2D eigenvalue weighted by Gasteiger charge is -2.08. The molecule has 1 aliphatic rings. The molecule has 1 saturated carbocycles. The first-order chi connectivity index (χ1) is 9.13. The lowest BCUT2D eigenvalue weighted by Crippen LogP contribution is -2.11. The van der Waals surface area contributed by atoms with E-state index < -0.39 is 0 Å². The quantitative estimate of drug-likeness (QED) is 0.839. The number of halogens is 2. The first-order valence-electron chi connectivity index (χ1n) is 6.20. The summed E-state index contributed by atoms with van der Waals surface area (Å²) in [7, 11) is 0. The third-order valence-electron chi connectivity index (χ3n) is 3.41. The molecular weight excluding hydrogens is 376 g/mol. The lowest BCUT2D eigenvalue weighted by molar-refractivity contribution is 0.547. The van der Waals surface area contributed by atoms with Gasteiger partial charge in [0.1, 0.15) is 0 Å². The predicted octanol–water partition coefficient (Wildman–Crippen LogP) is 4.21. The van der Waals surface area contributed by atoms with Gasteiger partial charge in [0.05, 0.1) is 10.2 Å². The molecule has 1 fully saturated rings. The minimum atomic E-state index is -0.129. The molecule has 1 aliphatic carbocycles. The molecule has 0 saturated heterocycles. The summed E-state index contributed by atoms with van der Waals surface area (Å²) >= 11 is 6.64. The highest BCUT2D eigenvalue weighted by atomic mass is 79.9. The summed E-state index contributed by atoms with van der Waals surface area (Å²) in [5, 5.41) is 0. The number of hydrogen-bond acceptors (Lipinski definition) is 3. The van der Waals surface area contributed by atoms with Gasteiger partial charge in [0, 0.05) is 18.1 Å². The van der Waals surface area contributed by atoms with Crippen LogP contribution in [0.1, 0.15) is 37.3 Å². The second-order valence-corrected chi connectivity index (χ2v) is 6.31. The smallest absolute Gasteiger partial charge is 0.251 e. The van der Waals surface area contributed by atoms with Crippen molar-refractivity contribution in [1.29, 1.82) is 0 Å². The number of hydrogen-bond donors (Lipinski definition) is 1. The second-order valence-electron chi connectivity index (χ2n) is 4.73. The predicted molar refractivity (Wildman–Crippen MR) is 79.2 cm³/mol. The van der Waals surface area contributed by atoms with E-state index in [4.69, 9.17) is 4.42 Å². The van der Waals surface area contributed by atoms with Gasteiger partial charge < -0.3 is 9.40 Å². The molecule has 0 bridgehead atoms. The van der Waals surface area contributed by atoms with Crippen molar-refractivity contribution < 1.29 is 4.42 Å². The standard InChI is InChI=1S/C13H12Br2N2O2/c14-8-5-10(19-12(8)15)13-16-9(6-11(18)17-13)7-3-1-2-4-7/h5-7H,1-4H2,(H,16,17,18). The van der Waals surface area contributed by atoms with Crippen LogP contribution >= 0.6 is 31.9 Å². The Hall–Kier alpha value is -0.880. The highest BCUT2D eigenvalue weighted by molar-refractivity contribution is 9.13. The Kier molecular flexibility index (Phi) is 3.62. The number of aromatic amines is 1. The highest BCUT2D eigenvalue weighted by Crippen LogP contribution is 2.34. The molecule has 0 atom stereocenters. The number of nitrogens with zero attached hydrogens (tertiary/aromatic N) is 1. The first kappa shape index (κ1) is 13.1. The fraction of sp³-hybridized carbons (Fsp3) is 0.385. The van der Waals surface area contributed by atoms with Crippen LogP contribution in [-0.2, 0) is 0 Å². The number of aromatic nitrogens is 2. The normalized spacial score (nSPS) is 16.1. The minimum absolute atomic E-state index is 0.129.